The van der Waals surface area contributed by atoms with E-state index in [2.05, 4.69) is 6.58 Å². The maximum absolute atomic E-state index is 12.4. The Morgan fingerprint density at radius 1 is 1.50 bits per heavy atom. The van der Waals surface area contributed by atoms with Gasteiger partial charge in [0.15, 0.2) is 0 Å². The van der Waals surface area contributed by atoms with E-state index < -0.39 is 0 Å². The lowest BCUT2D eigenvalue weighted by Crippen LogP contribution is -1.66. The molecular formula is C7H9F. The average molecular weight is 112 g/mol. The molecule has 44 valence electrons. The fourth-order valence-electron chi connectivity index (χ4n) is 0.904. The van der Waals surface area contributed by atoms with Gasteiger partial charge in [0.2, 0.25) is 0 Å². The summed E-state index contributed by atoms with van der Waals surface area (Å²) in [6.45, 7) is 5.49. The zero-order valence-electron chi connectivity index (χ0n) is 5.00. The van der Waals surface area contributed by atoms with Crippen LogP contribution in [0.1, 0.15) is 19.8 Å². The van der Waals surface area contributed by atoms with Crippen LogP contribution in [-0.2, 0) is 0 Å². The summed E-state index contributed by atoms with van der Waals surface area (Å²) in [5.74, 6) is 0.0231. The second-order valence-corrected chi connectivity index (χ2v) is 2.29. The third-order valence-electron chi connectivity index (χ3n) is 1.38. The summed E-state index contributed by atoms with van der Waals surface area (Å²) in [5.41, 5.74) is 1.86. The van der Waals surface area contributed by atoms with E-state index in [1.165, 1.54) is 0 Å². The standard InChI is InChI=1S/C7H9F/c1-5-3-6(2)7(8)4-5/h1,3-4H2,2H3. The van der Waals surface area contributed by atoms with Gasteiger partial charge in [-0.1, -0.05) is 12.2 Å². The lowest BCUT2D eigenvalue weighted by molar-refractivity contribution is 0.615. The quantitative estimate of drug-likeness (QED) is 0.422. The molecule has 0 unspecified atom stereocenters. The van der Waals surface area contributed by atoms with Crippen molar-refractivity contribution >= 4 is 0 Å². The molecule has 0 aliphatic heterocycles. The molecule has 0 bridgehead atoms. The van der Waals surface area contributed by atoms with Gasteiger partial charge in [-0.15, -0.1) is 0 Å². The average Bonchev–Trinajstić information content (AvgIpc) is 1.85. The van der Waals surface area contributed by atoms with Gasteiger partial charge in [-0.3, -0.25) is 0 Å². The molecule has 1 aliphatic carbocycles. The molecule has 0 nitrogen and oxygen atoms in total. The first-order valence-electron chi connectivity index (χ1n) is 2.71. The van der Waals surface area contributed by atoms with Gasteiger partial charge < -0.3 is 0 Å². The molecule has 0 spiro atoms. The molecule has 1 rings (SSSR count). The molecule has 0 aromatic heterocycles. The van der Waals surface area contributed by atoms with Crippen LogP contribution < -0.4 is 0 Å². The van der Waals surface area contributed by atoms with E-state index >= 15 is 0 Å². The molecule has 0 N–H and O–H groups in total. The summed E-state index contributed by atoms with van der Waals surface area (Å²) in [7, 11) is 0. The van der Waals surface area contributed by atoms with E-state index in [4.69, 9.17) is 0 Å². The van der Waals surface area contributed by atoms with Crippen molar-refractivity contribution in [1.29, 1.82) is 0 Å². The highest BCUT2D eigenvalue weighted by Gasteiger charge is 2.12. The first-order valence-corrected chi connectivity index (χ1v) is 2.71. The van der Waals surface area contributed by atoms with Crippen molar-refractivity contribution in [2.24, 2.45) is 0 Å². The van der Waals surface area contributed by atoms with Gasteiger partial charge in [-0.05, 0) is 18.9 Å². The molecule has 8 heavy (non-hydrogen) atoms. The number of hydrogen-bond donors (Lipinski definition) is 0. The van der Waals surface area contributed by atoms with E-state index in [9.17, 15) is 4.39 Å². The second-order valence-electron chi connectivity index (χ2n) is 2.29. The van der Waals surface area contributed by atoms with Gasteiger partial charge in [-0.25, -0.2) is 4.39 Å². The summed E-state index contributed by atoms with van der Waals surface area (Å²) in [6, 6.07) is 0. The topological polar surface area (TPSA) is 0 Å². The van der Waals surface area contributed by atoms with Crippen LogP contribution in [0.25, 0.3) is 0 Å². The largest absolute Gasteiger partial charge is 0.212 e. The Bertz CT molecular complexity index is 138. The summed E-state index contributed by atoms with van der Waals surface area (Å²) in [4.78, 5) is 0. The summed E-state index contributed by atoms with van der Waals surface area (Å²) < 4.78 is 12.4. The Kier molecular flexibility index (Phi) is 1.20. The van der Waals surface area contributed by atoms with Crippen LogP contribution >= 0.6 is 0 Å². The van der Waals surface area contributed by atoms with Crippen molar-refractivity contribution in [3.8, 4) is 0 Å². The third-order valence-corrected chi connectivity index (χ3v) is 1.38. The predicted molar refractivity (Wildman–Crippen MR) is 32.2 cm³/mol. The Hall–Kier alpha value is -0.590. The summed E-state index contributed by atoms with van der Waals surface area (Å²) in [5, 5.41) is 0. The molecule has 0 aromatic carbocycles. The molecule has 1 aliphatic rings. The highest BCUT2D eigenvalue weighted by Crippen LogP contribution is 2.29. The molecule has 0 atom stereocenters. The molecule has 0 amide bonds. The second kappa shape index (κ2) is 1.73. The molecule has 1 heteroatoms. The first-order chi connectivity index (χ1) is 3.70. The lowest BCUT2D eigenvalue weighted by Gasteiger charge is -1.85. The van der Waals surface area contributed by atoms with E-state index in [0.717, 1.165) is 17.6 Å². The van der Waals surface area contributed by atoms with Crippen LogP contribution in [0.2, 0.25) is 0 Å². The third kappa shape index (κ3) is 0.808. The maximum atomic E-state index is 12.4. The van der Waals surface area contributed by atoms with Gasteiger partial charge in [-0.2, -0.15) is 0 Å². The smallest absolute Gasteiger partial charge is 0.103 e. The number of hydrogen-bond acceptors (Lipinski definition) is 0. The predicted octanol–water partition coefficient (Wildman–Crippen LogP) is 2.58. The highest BCUT2D eigenvalue weighted by atomic mass is 19.1. The SMILES string of the molecule is C=C1CC(C)=C(F)C1. The van der Waals surface area contributed by atoms with Gasteiger partial charge in [0.1, 0.15) is 5.83 Å². The molecule has 0 heterocycles. The van der Waals surface area contributed by atoms with Crippen LogP contribution in [0.5, 0.6) is 0 Å². The van der Waals surface area contributed by atoms with Crippen molar-refractivity contribution < 1.29 is 4.39 Å². The van der Waals surface area contributed by atoms with Crippen molar-refractivity contribution in [3.05, 3.63) is 23.6 Å². The van der Waals surface area contributed by atoms with Crippen molar-refractivity contribution in [2.45, 2.75) is 19.8 Å². The lowest BCUT2D eigenvalue weighted by atomic mass is 10.2. The van der Waals surface area contributed by atoms with Crippen molar-refractivity contribution in [1.82, 2.24) is 0 Å². The minimum atomic E-state index is 0.0231. The van der Waals surface area contributed by atoms with Crippen LogP contribution in [0, 0.1) is 0 Å². The molecule has 0 saturated heterocycles. The Morgan fingerprint density at radius 2 is 2.12 bits per heavy atom. The molecular weight excluding hydrogens is 103 g/mol. The fourth-order valence-corrected chi connectivity index (χ4v) is 0.904. The summed E-state index contributed by atoms with van der Waals surface area (Å²) >= 11 is 0. The van der Waals surface area contributed by atoms with Crippen LogP contribution in [-0.4, -0.2) is 0 Å². The highest BCUT2D eigenvalue weighted by molar-refractivity contribution is 5.26. The Balaban J connectivity index is 2.73. The zero-order valence-corrected chi connectivity index (χ0v) is 5.00. The number of halogens is 1. The Labute approximate surface area is 48.7 Å². The minimum absolute atomic E-state index is 0.0231. The van der Waals surface area contributed by atoms with Crippen LogP contribution in [0.15, 0.2) is 23.6 Å². The van der Waals surface area contributed by atoms with E-state index in [1.54, 1.807) is 0 Å². The van der Waals surface area contributed by atoms with Crippen molar-refractivity contribution in [2.75, 3.05) is 0 Å². The van der Waals surface area contributed by atoms with E-state index in [1.807, 2.05) is 6.92 Å². The minimum Gasteiger partial charge on any atom is -0.212 e. The normalized spacial score (nSPS) is 20.5. The first kappa shape index (κ1) is 5.54. The van der Waals surface area contributed by atoms with Gasteiger partial charge in [0.25, 0.3) is 0 Å². The maximum Gasteiger partial charge on any atom is 0.103 e. The van der Waals surface area contributed by atoms with E-state index in [0.29, 0.717) is 6.42 Å². The zero-order chi connectivity index (χ0) is 6.15. The van der Waals surface area contributed by atoms with Gasteiger partial charge >= 0.3 is 0 Å². The molecule has 0 saturated carbocycles. The van der Waals surface area contributed by atoms with Crippen LogP contribution in [0.3, 0.4) is 0 Å². The molecule has 0 radical (unpaired) electrons. The Morgan fingerprint density at radius 3 is 2.25 bits per heavy atom. The molecule has 0 fully saturated rings. The summed E-state index contributed by atoms with van der Waals surface area (Å²) in [6.07, 6.45) is 1.25. The van der Waals surface area contributed by atoms with Crippen LogP contribution in [0.4, 0.5) is 4.39 Å². The number of rotatable bonds is 0. The number of allylic oxidation sites excluding steroid dienone is 3. The van der Waals surface area contributed by atoms with Gasteiger partial charge in [0, 0.05) is 6.42 Å². The monoisotopic (exact) mass is 112 g/mol. The van der Waals surface area contributed by atoms with E-state index in [-0.39, 0.29) is 5.83 Å². The van der Waals surface area contributed by atoms with Crippen molar-refractivity contribution in [3.63, 3.8) is 0 Å². The fraction of sp³-hybridized carbons (Fsp3) is 0.429. The van der Waals surface area contributed by atoms with Gasteiger partial charge in [0.05, 0.1) is 0 Å². The molecule has 0 aromatic rings.